The summed E-state index contributed by atoms with van der Waals surface area (Å²) in [6, 6.07) is 20.0. The van der Waals surface area contributed by atoms with Crippen LogP contribution in [0.1, 0.15) is 22.3 Å². The largest absolute Gasteiger partial charge is 0.493 e. The molecule has 0 saturated carbocycles. The lowest BCUT2D eigenvalue weighted by atomic mass is 9.88. The molecule has 190 valence electrons. The third kappa shape index (κ3) is 4.43. The number of benzene rings is 3. The van der Waals surface area contributed by atoms with Crippen LogP contribution in [0.3, 0.4) is 0 Å². The van der Waals surface area contributed by atoms with Gasteiger partial charge in [-0.25, -0.2) is 4.98 Å². The van der Waals surface area contributed by atoms with Crippen molar-refractivity contribution < 1.29 is 19.4 Å². The van der Waals surface area contributed by atoms with Gasteiger partial charge in [0.1, 0.15) is 12.4 Å². The Bertz CT molecular complexity index is 1690. The monoisotopic (exact) mass is 522 g/mol. The highest BCUT2D eigenvalue weighted by Gasteiger charge is 2.22. The van der Waals surface area contributed by atoms with Crippen LogP contribution < -0.4 is 9.47 Å². The number of aryl methyl sites for hydroxylation is 1. The average molecular weight is 523 g/mol. The first kappa shape index (κ1) is 24.2. The number of nitrogens with zero attached hydrogens (tertiary/aromatic N) is 2. The Morgan fingerprint density at radius 3 is 2.74 bits per heavy atom. The highest BCUT2D eigenvalue weighted by atomic mass is 32.2. The number of carbonyl (C=O) groups is 1. The second-order valence-electron chi connectivity index (χ2n) is 9.37. The Hall–Kier alpha value is -4.10. The summed E-state index contributed by atoms with van der Waals surface area (Å²) in [7, 11) is 0. The molecule has 1 N–H and O–H groups in total. The van der Waals surface area contributed by atoms with Crippen LogP contribution in [0.25, 0.3) is 32.9 Å². The Morgan fingerprint density at radius 1 is 1.11 bits per heavy atom. The van der Waals surface area contributed by atoms with Crippen LogP contribution in [0.4, 0.5) is 0 Å². The van der Waals surface area contributed by atoms with E-state index >= 15 is 0 Å². The van der Waals surface area contributed by atoms with E-state index in [2.05, 4.69) is 30.5 Å². The quantitative estimate of drug-likeness (QED) is 0.241. The topological polar surface area (TPSA) is 81.5 Å². The van der Waals surface area contributed by atoms with Gasteiger partial charge in [0.05, 0.1) is 24.1 Å². The fourth-order valence-electron chi connectivity index (χ4n) is 5.18. The molecule has 0 spiro atoms. The number of rotatable bonds is 7. The van der Waals surface area contributed by atoms with Crippen molar-refractivity contribution >= 4 is 39.5 Å². The molecule has 6 nitrogen and oxygen atoms in total. The van der Waals surface area contributed by atoms with Gasteiger partial charge in [0, 0.05) is 39.9 Å². The van der Waals surface area contributed by atoms with Gasteiger partial charge in [-0.05, 0) is 83.5 Å². The normalized spacial score (nSPS) is 12.5. The second-order valence-corrected chi connectivity index (χ2v) is 10.3. The highest BCUT2D eigenvalue weighted by Crippen LogP contribution is 2.42. The zero-order chi connectivity index (χ0) is 26.2. The summed E-state index contributed by atoms with van der Waals surface area (Å²) in [6.45, 7) is 2.98. The maximum Gasteiger partial charge on any atom is 0.307 e. The molecule has 3 heterocycles. The van der Waals surface area contributed by atoms with Gasteiger partial charge < -0.3 is 14.6 Å². The molecule has 5 aromatic rings. The number of ether oxygens (including phenoxy) is 2. The average Bonchev–Trinajstić information content (AvgIpc) is 2.93. The van der Waals surface area contributed by atoms with Crippen molar-refractivity contribution in [3.8, 4) is 22.8 Å². The summed E-state index contributed by atoms with van der Waals surface area (Å²) in [6.07, 6.45) is 4.59. The molecule has 6 rings (SSSR count). The van der Waals surface area contributed by atoms with Crippen LogP contribution in [0, 0.1) is 6.92 Å². The Morgan fingerprint density at radius 2 is 1.95 bits per heavy atom. The van der Waals surface area contributed by atoms with E-state index in [1.165, 1.54) is 10.5 Å². The Balaban J connectivity index is 1.48. The summed E-state index contributed by atoms with van der Waals surface area (Å²) < 4.78 is 12.0. The first-order chi connectivity index (χ1) is 18.5. The van der Waals surface area contributed by atoms with Crippen molar-refractivity contribution in [2.24, 2.45) is 0 Å². The lowest BCUT2D eigenvalue weighted by Crippen LogP contribution is -2.10. The summed E-state index contributed by atoms with van der Waals surface area (Å²) >= 11 is 1.70. The van der Waals surface area contributed by atoms with Gasteiger partial charge in [-0.2, -0.15) is 0 Å². The molecular weight excluding hydrogens is 496 g/mol. The summed E-state index contributed by atoms with van der Waals surface area (Å²) in [5.41, 5.74) is 7.16. The maximum atomic E-state index is 11.9. The van der Waals surface area contributed by atoms with Crippen molar-refractivity contribution in [2.75, 3.05) is 12.9 Å². The maximum absolute atomic E-state index is 11.9. The minimum atomic E-state index is -0.881. The number of carboxylic acid groups (broad SMARTS) is 1. The first-order valence-corrected chi connectivity index (χ1v) is 13.7. The predicted octanol–water partition coefficient (Wildman–Crippen LogP) is 6.62. The number of thioether (sulfide) groups is 1. The fraction of sp³-hybridized carbons (Fsp3) is 0.194. The molecule has 1 aliphatic heterocycles. The Kier molecular flexibility index (Phi) is 6.37. The molecule has 0 radical (unpaired) electrons. The first-order valence-electron chi connectivity index (χ1n) is 12.5. The molecule has 0 saturated heterocycles. The molecule has 2 aromatic heterocycles. The van der Waals surface area contributed by atoms with Gasteiger partial charge in [-0.3, -0.25) is 9.78 Å². The molecule has 7 heteroatoms. The van der Waals surface area contributed by atoms with Gasteiger partial charge in [-0.15, -0.1) is 11.8 Å². The van der Waals surface area contributed by atoms with Gasteiger partial charge >= 0.3 is 5.97 Å². The number of carboxylic acids is 1. The molecule has 1 aliphatic rings. The number of hydrogen-bond donors (Lipinski definition) is 1. The lowest BCUT2D eigenvalue weighted by molar-refractivity contribution is -0.136. The number of pyridine rings is 2. The minimum absolute atomic E-state index is 0.0964. The van der Waals surface area contributed by atoms with Crippen molar-refractivity contribution in [3.63, 3.8) is 0 Å². The molecule has 0 bridgehead atoms. The Labute approximate surface area is 224 Å². The van der Waals surface area contributed by atoms with Gasteiger partial charge in [0.2, 0.25) is 5.88 Å². The van der Waals surface area contributed by atoms with Crippen LogP contribution in [0.15, 0.2) is 71.8 Å². The molecule has 3 aromatic carbocycles. The van der Waals surface area contributed by atoms with Crippen LogP contribution >= 0.6 is 11.8 Å². The second kappa shape index (κ2) is 9.99. The van der Waals surface area contributed by atoms with Crippen molar-refractivity contribution in [3.05, 3.63) is 89.1 Å². The van der Waals surface area contributed by atoms with E-state index in [9.17, 15) is 9.90 Å². The van der Waals surface area contributed by atoms with E-state index in [0.717, 1.165) is 61.8 Å². The van der Waals surface area contributed by atoms with E-state index in [-0.39, 0.29) is 6.42 Å². The third-order valence-electron chi connectivity index (χ3n) is 7.01. The molecule has 0 amide bonds. The highest BCUT2D eigenvalue weighted by molar-refractivity contribution is 7.98. The number of fused-ring (bicyclic) bond motifs is 1. The van der Waals surface area contributed by atoms with Crippen molar-refractivity contribution in [1.29, 1.82) is 0 Å². The van der Waals surface area contributed by atoms with Crippen LogP contribution in [-0.4, -0.2) is 33.9 Å². The number of aliphatic carboxylic acids is 1. The van der Waals surface area contributed by atoms with E-state index in [1.807, 2.05) is 49.5 Å². The van der Waals surface area contributed by atoms with Gasteiger partial charge in [0.15, 0.2) is 0 Å². The molecule has 0 aliphatic carbocycles. The van der Waals surface area contributed by atoms with Crippen LogP contribution in [-0.2, 0) is 24.2 Å². The summed E-state index contributed by atoms with van der Waals surface area (Å²) in [5, 5.41) is 11.6. The van der Waals surface area contributed by atoms with E-state index in [1.54, 1.807) is 11.8 Å². The van der Waals surface area contributed by atoms with Crippen LogP contribution in [0.2, 0.25) is 0 Å². The SMILES string of the molecule is CSc1ccc(COc2ccc3c(-c4ccc5c6c(ccnc46)CCO5)c(CC(=O)O)c(C)cc3n2)cc1. The third-order valence-corrected chi connectivity index (χ3v) is 7.76. The molecular formula is C31H26N2O4S. The molecule has 0 fully saturated rings. The lowest BCUT2D eigenvalue weighted by Gasteiger charge is -2.21. The standard InChI is InChI=1S/C31H26N2O4S/c1-18-15-25-22(8-10-27(33-25)37-17-19-3-5-21(38-2)6-4-19)30(24(18)16-28(34)35)23-7-9-26-29-20(12-14-36-26)11-13-32-31(23)29/h3-11,13,15H,12,14,16-17H2,1-2H3,(H,34,35). The summed E-state index contributed by atoms with van der Waals surface area (Å²) in [5.74, 6) is 0.452. The number of hydrogen-bond acceptors (Lipinski definition) is 6. The zero-order valence-electron chi connectivity index (χ0n) is 21.2. The smallest absolute Gasteiger partial charge is 0.307 e. The van der Waals surface area contributed by atoms with Gasteiger partial charge in [0.25, 0.3) is 0 Å². The fourth-order valence-corrected chi connectivity index (χ4v) is 5.59. The predicted molar refractivity (Wildman–Crippen MR) is 150 cm³/mol. The van der Waals surface area contributed by atoms with Crippen molar-refractivity contribution in [1.82, 2.24) is 9.97 Å². The number of aromatic nitrogens is 2. The molecule has 38 heavy (non-hydrogen) atoms. The van der Waals surface area contributed by atoms with E-state index in [0.29, 0.717) is 19.1 Å². The zero-order valence-corrected chi connectivity index (χ0v) is 22.0. The minimum Gasteiger partial charge on any atom is -0.493 e. The van der Waals surface area contributed by atoms with Crippen molar-refractivity contribution in [2.45, 2.75) is 31.3 Å². The van der Waals surface area contributed by atoms with Gasteiger partial charge in [-0.1, -0.05) is 12.1 Å². The van der Waals surface area contributed by atoms with E-state index in [4.69, 9.17) is 19.4 Å². The summed E-state index contributed by atoms with van der Waals surface area (Å²) in [4.78, 5) is 22.7. The van der Waals surface area contributed by atoms with Crippen LogP contribution in [0.5, 0.6) is 11.6 Å². The van der Waals surface area contributed by atoms with E-state index < -0.39 is 5.97 Å². The molecule has 0 unspecified atom stereocenters. The molecule has 0 atom stereocenters.